The van der Waals surface area contributed by atoms with Crippen LogP contribution in [0.1, 0.15) is 81.1 Å². The van der Waals surface area contributed by atoms with Gasteiger partial charge in [0, 0.05) is 19.1 Å². The van der Waals surface area contributed by atoms with Crippen LogP contribution >= 0.6 is 0 Å². The summed E-state index contributed by atoms with van der Waals surface area (Å²) in [6.45, 7) is 22.2. The van der Waals surface area contributed by atoms with E-state index >= 15 is 0 Å². The molecule has 1 unspecified atom stereocenters. The van der Waals surface area contributed by atoms with Crippen molar-refractivity contribution in [2.75, 3.05) is 19.6 Å². The summed E-state index contributed by atoms with van der Waals surface area (Å²) < 4.78 is 0. The van der Waals surface area contributed by atoms with E-state index in [0.29, 0.717) is 16.2 Å². The van der Waals surface area contributed by atoms with Crippen molar-refractivity contribution in [3.05, 3.63) is 0 Å². The second-order valence-corrected chi connectivity index (χ2v) is 10.6. The monoisotopic (exact) mass is 310 g/mol. The van der Waals surface area contributed by atoms with Gasteiger partial charge in [0.15, 0.2) is 0 Å². The molecule has 0 radical (unpaired) electrons. The molecule has 1 saturated carbocycles. The van der Waals surface area contributed by atoms with Gasteiger partial charge in [-0.15, -0.1) is 0 Å². The van der Waals surface area contributed by atoms with Crippen molar-refractivity contribution in [2.45, 2.75) is 87.1 Å². The summed E-state index contributed by atoms with van der Waals surface area (Å²) in [5, 5.41) is 7.50. The van der Waals surface area contributed by atoms with Gasteiger partial charge in [-0.05, 0) is 54.4 Å². The number of nitrogens with one attached hydrogen (secondary N) is 2. The average molecular weight is 311 g/mol. The van der Waals surface area contributed by atoms with Crippen LogP contribution in [0.15, 0.2) is 0 Å². The first-order chi connectivity index (χ1) is 9.89. The number of hydrogen-bond donors (Lipinski definition) is 2. The van der Waals surface area contributed by atoms with E-state index in [4.69, 9.17) is 0 Å². The van der Waals surface area contributed by atoms with Gasteiger partial charge in [-0.1, -0.05) is 55.4 Å². The lowest BCUT2D eigenvalue weighted by atomic mass is 9.77. The largest absolute Gasteiger partial charge is 0.316 e. The molecule has 0 aromatic carbocycles. The topological polar surface area (TPSA) is 24.1 Å². The van der Waals surface area contributed by atoms with Crippen LogP contribution in [-0.2, 0) is 0 Å². The number of hydrogen-bond acceptors (Lipinski definition) is 2. The Bertz CT molecular complexity index is 320. The van der Waals surface area contributed by atoms with E-state index in [2.05, 4.69) is 66.0 Å². The molecule has 0 saturated heterocycles. The van der Waals surface area contributed by atoms with Gasteiger partial charge in [-0.25, -0.2) is 0 Å². The summed E-state index contributed by atoms with van der Waals surface area (Å²) in [5.41, 5.74) is 1.24. The maximum atomic E-state index is 3.79. The molecule has 132 valence electrons. The Morgan fingerprint density at radius 2 is 1.45 bits per heavy atom. The van der Waals surface area contributed by atoms with Crippen LogP contribution in [0.5, 0.6) is 0 Å². The van der Waals surface area contributed by atoms with Crippen molar-refractivity contribution in [2.24, 2.45) is 22.2 Å². The summed E-state index contributed by atoms with van der Waals surface area (Å²) in [5.74, 6) is 0.854. The molecule has 1 aliphatic carbocycles. The Kier molecular flexibility index (Phi) is 6.95. The molecule has 0 aliphatic heterocycles. The third-order valence-corrected chi connectivity index (χ3v) is 5.09. The fraction of sp³-hybridized carbons (Fsp3) is 1.00. The molecular weight excluding hydrogens is 268 g/mol. The lowest BCUT2D eigenvalue weighted by Crippen LogP contribution is -2.38. The molecule has 2 nitrogen and oxygen atoms in total. The second-order valence-electron chi connectivity index (χ2n) is 10.6. The molecular formula is C20H42N2. The highest BCUT2D eigenvalue weighted by Gasteiger charge is 2.35. The van der Waals surface area contributed by atoms with Crippen LogP contribution in [-0.4, -0.2) is 25.7 Å². The molecule has 1 fully saturated rings. The van der Waals surface area contributed by atoms with Gasteiger partial charge in [0.25, 0.3) is 0 Å². The maximum Gasteiger partial charge on any atom is 0.00702 e. The third-order valence-electron chi connectivity index (χ3n) is 5.09. The van der Waals surface area contributed by atoms with Crippen LogP contribution < -0.4 is 10.6 Å². The fourth-order valence-corrected chi connectivity index (χ4v) is 3.35. The van der Waals surface area contributed by atoms with E-state index in [9.17, 15) is 0 Å². The summed E-state index contributed by atoms with van der Waals surface area (Å²) in [7, 11) is 0. The Balaban J connectivity index is 2.31. The Labute approximate surface area is 140 Å². The van der Waals surface area contributed by atoms with Crippen LogP contribution in [0.4, 0.5) is 0 Å². The average Bonchev–Trinajstić information content (AvgIpc) is 2.80. The minimum atomic E-state index is 0.391. The van der Waals surface area contributed by atoms with E-state index in [1.165, 1.54) is 25.7 Å². The molecule has 1 rings (SSSR count). The van der Waals surface area contributed by atoms with Crippen molar-refractivity contribution >= 4 is 0 Å². The molecule has 0 heterocycles. The zero-order valence-corrected chi connectivity index (χ0v) is 16.6. The first-order valence-corrected chi connectivity index (χ1v) is 9.33. The van der Waals surface area contributed by atoms with E-state index in [1.54, 1.807) is 0 Å². The Hall–Kier alpha value is -0.0800. The highest BCUT2D eigenvalue weighted by Crippen LogP contribution is 2.39. The lowest BCUT2D eigenvalue weighted by Gasteiger charge is -2.33. The van der Waals surface area contributed by atoms with Gasteiger partial charge in [0.05, 0.1) is 0 Å². The Morgan fingerprint density at radius 1 is 0.818 bits per heavy atom. The third kappa shape index (κ3) is 7.97. The summed E-state index contributed by atoms with van der Waals surface area (Å²) in [6.07, 6.45) is 5.34. The van der Waals surface area contributed by atoms with Crippen LogP contribution in [0.3, 0.4) is 0 Å². The Morgan fingerprint density at radius 3 is 2.00 bits per heavy atom. The highest BCUT2D eigenvalue weighted by atomic mass is 14.9. The van der Waals surface area contributed by atoms with Gasteiger partial charge in [-0.3, -0.25) is 0 Å². The van der Waals surface area contributed by atoms with Crippen LogP contribution in [0, 0.1) is 22.2 Å². The van der Waals surface area contributed by atoms with E-state index in [0.717, 1.165) is 31.6 Å². The van der Waals surface area contributed by atoms with Gasteiger partial charge < -0.3 is 10.6 Å². The van der Waals surface area contributed by atoms with Crippen molar-refractivity contribution in [3.8, 4) is 0 Å². The molecule has 2 N–H and O–H groups in total. The van der Waals surface area contributed by atoms with Crippen LogP contribution in [0.25, 0.3) is 0 Å². The van der Waals surface area contributed by atoms with Crippen molar-refractivity contribution in [3.63, 3.8) is 0 Å². The zero-order chi connectivity index (χ0) is 17.0. The molecule has 0 aromatic heterocycles. The zero-order valence-electron chi connectivity index (χ0n) is 16.6. The second kappa shape index (κ2) is 7.66. The van der Waals surface area contributed by atoms with Crippen molar-refractivity contribution in [1.29, 1.82) is 0 Å². The van der Waals surface area contributed by atoms with Crippen LogP contribution in [0.2, 0.25) is 0 Å². The number of rotatable bonds is 7. The quantitative estimate of drug-likeness (QED) is 0.657. The molecule has 0 amide bonds. The fourth-order valence-electron chi connectivity index (χ4n) is 3.35. The molecule has 0 spiro atoms. The summed E-state index contributed by atoms with van der Waals surface area (Å²) in [6, 6.07) is 0.734. The smallest absolute Gasteiger partial charge is 0.00702 e. The van der Waals surface area contributed by atoms with Gasteiger partial charge in [0.1, 0.15) is 0 Å². The van der Waals surface area contributed by atoms with Crippen molar-refractivity contribution < 1.29 is 0 Å². The highest BCUT2D eigenvalue weighted by molar-refractivity contribution is 4.90. The standard InChI is InChI=1S/C20H42N2/c1-18(2,3)11-12-21-15-20(7,8)16-9-10-17(13-16)22-14-19(4,5)6/h16-17,21-22H,9-15H2,1-8H3/t16-,17?/m1/s1. The first kappa shape index (κ1) is 20.0. The van der Waals surface area contributed by atoms with E-state index < -0.39 is 0 Å². The minimum absolute atomic E-state index is 0.391. The maximum absolute atomic E-state index is 3.79. The van der Waals surface area contributed by atoms with Gasteiger partial charge in [-0.2, -0.15) is 0 Å². The predicted molar refractivity (Wildman–Crippen MR) is 99.3 cm³/mol. The minimum Gasteiger partial charge on any atom is -0.316 e. The van der Waals surface area contributed by atoms with E-state index in [1.807, 2.05) is 0 Å². The normalized spacial score (nSPS) is 24.0. The molecule has 1 aliphatic rings. The SMILES string of the molecule is CC(C)(C)CCNCC(C)(C)[C@@H]1CCC(NCC(C)(C)C)C1. The molecule has 22 heavy (non-hydrogen) atoms. The lowest BCUT2D eigenvalue weighted by molar-refractivity contribution is 0.200. The van der Waals surface area contributed by atoms with Gasteiger partial charge in [0.2, 0.25) is 0 Å². The summed E-state index contributed by atoms with van der Waals surface area (Å²) >= 11 is 0. The molecule has 2 heteroatoms. The van der Waals surface area contributed by atoms with Gasteiger partial charge >= 0.3 is 0 Å². The summed E-state index contributed by atoms with van der Waals surface area (Å²) in [4.78, 5) is 0. The molecule has 0 bridgehead atoms. The molecule has 0 aromatic rings. The first-order valence-electron chi connectivity index (χ1n) is 9.33. The predicted octanol–water partition coefficient (Wildman–Crippen LogP) is 4.84. The van der Waals surface area contributed by atoms with E-state index in [-0.39, 0.29) is 0 Å². The van der Waals surface area contributed by atoms with Crippen molar-refractivity contribution in [1.82, 2.24) is 10.6 Å². The molecule has 2 atom stereocenters.